The number of likely N-dealkylation sites (tertiary alicyclic amines) is 1. The molecule has 0 radical (unpaired) electrons. The lowest BCUT2D eigenvalue weighted by Gasteiger charge is -2.27. The number of sulfonamides is 1. The van der Waals surface area contributed by atoms with Crippen molar-refractivity contribution in [3.63, 3.8) is 0 Å². The van der Waals surface area contributed by atoms with E-state index in [1.807, 2.05) is 44.2 Å². The van der Waals surface area contributed by atoms with E-state index in [0.29, 0.717) is 5.56 Å². The number of hydrogen-bond acceptors (Lipinski definition) is 5. The maximum atomic E-state index is 13.8. The average molecular weight is 485 g/mol. The van der Waals surface area contributed by atoms with Gasteiger partial charge in [-0.3, -0.25) is 14.5 Å². The third-order valence-corrected chi connectivity index (χ3v) is 8.89. The summed E-state index contributed by atoms with van der Waals surface area (Å²) >= 11 is 0. The highest BCUT2D eigenvalue weighted by Crippen LogP contribution is 2.39. The second-order valence-corrected chi connectivity index (χ2v) is 11.2. The molecule has 4 rings (SSSR count). The predicted molar refractivity (Wildman–Crippen MR) is 128 cm³/mol. The molecule has 34 heavy (non-hydrogen) atoms. The summed E-state index contributed by atoms with van der Waals surface area (Å²) in [6, 6.07) is 14.0. The third kappa shape index (κ3) is 4.61. The molecule has 0 aromatic heterocycles. The highest BCUT2D eigenvalue weighted by molar-refractivity contribution is 7.89. The largest absolute Gasteiger partial charge is 0.495 e. The van der Waals surface area contributed by atoms with Crippen molar-refractivity contribution >= 4 is 21.8 Å². The van der Waals surface area contributed by atoms with Crippen LogP contribution < -0.4 is 4.74 Å². The van der Waals surface area contributed by atoms with Crippen molar-refractivity contribution < 1.29 is 22.7 Å². The van der Waals surface area contributed by atoms with E-state index in [4.69, 9.17) is 4.74 Å². The monoisotopic (exact) mass is 484 g/mol. The lowest BCUT2D eigenvalue weighted by Crippen LogP contribution is -2.36. The van der Waals surface area contributed by atoms with E-state index in [2.05, 4.69) is 0 Å². The van der Waals surface area contributed by atoms with Gasteiger partial charge in [-0.2, -0.15) is 4.31 Å². The van der Waals surface area contributed by atoms with Crippen LogP contribution in [0.5, 0.6) is 5.75 Å². The number of nitrogens with zero attached hydrogens (tertiary/aromatic N) is 2. The lowest BCUT2D eigenvalue weighted by atomic mass is 9.81. The Bertz CT molecular complexity index is 1140. The van der Waals surface area contributed by atoms with Crippen LogP contribution in [0.15, 0.2) is 53.4 Å². The van der Waals surface area contributed by atoms with E-state index in [9.17, 15) is 18.0 Å². The molecule has 2 unspecified atom stereocenters. The van der Waals surface area contributed by atoms with Crippen LogP contribution in [-0.4, -0.2) is 42.6 Å². The summed E-state index contributed by atoms with van der Waals surface area (Å²) in [6.45, 7) is 3.96. The average Bonchev–Trinajstić information content (AvgIpc) is 3.08. The van der Waals surface area contributed by atoms with E-state index in [-0.39, 0.29) is 53.4 Å². The molecule has 0 N–H and O–H groups in total. The number of ether oxygens (including phenoxy) is 1. The minimum absolute atomic E-state index is 0.0358. The molecular formula is C26H32N2O5S. The number of fused-ring (bicyclic) bond motifs is 1. The summed E-state index contributed by atoms with van der Waals surface area (Å²) in [7, 11) is -2.49. The minimum atomic E-state index is -3.93. The number of imide groups is 1. The van der Waals surface area contributed by atoms with Crippen molar-refractivity contribution in [2.24, 2.45) is 11.8 Å². The van der Waals surface area contributed by atoms with Crippen LogP contribution in [0, 0.1) is 11.8 Å². The fourth-order valence-electron chi connectivity index (χ4n) is 5.03. The molecule has 7 nitrogen and oxygen atoms in total. The highest BCUT2D eigenvalue weighted by Gasteiger charge is 2.48. The van der Waals surface area contributed by atoms with Crippen LogP contribution >= 0.6 is 0 Å². The van der Waals surface area contributed by atoms with Crippen molar-refractivity contribution in [2.75, 3.05) is 7.11 Å². The van der Waals surface area contributed by atoms with Gasteiger partial charge in [-0.1, -0.05) is 49.2 Å². The fraction of sp³-hybridized carbons (Fsp3) is 0.462. The molecule has 1 aliphatic carbocycles. The molecular weight excluding hydrogens is 452 g/mol. The Hall–Kier alpha value is -2.71. The number of rotatable bonds is 8. The van der Waals surface area contributed by atoms with Gasteiger partial charge in [0.1, 0.15) is 10.6 Å². The van der Waals surface area contributed by atoms with Crippen molar-refractivity contribution in [3.8, 4) is 5.75 Å². The Balaban J connectivity index is 1.65. The first-order valence-corrected chi connectivity index (χ1v) is 13.3. The Kier molecular flexibility index (Phi) is 7.09. The molecule has 2 fully saturated rings. The first-order valence-electron chi connectivity index (χ1n) is 11.8. The standard InChI is InChI=1S/C26H32N2O5S/c1-18(2)28(17-19-9-5-4-6-10-19)34(31,32)24-15-20(13-14-23(24)33-3)16-27-25(29)21-11-7-8-12-22(21)26(27)30/h4-6,9-10,13-15,18,21-22H,7-8,11-12,16-17H2,1-3H3. The molecule has 0 bridgehead atoms. The summed E-state index contributed by atoms with van der Waals surface area (Å²) in [4.78, 5) is 27.2. The Morgan fingerprint density at radius 3 is 2.15 bits per heavy atom. The maximum absolute atomic E-state index is 13.8. The normalized spacial score (nSPS) is 20.8. The summed E-state index contributed by atoms with van der Waals surface area (Å²) in [5.41, 5.74) is 1.47. The Morgan fingerprint density at radius 2 is 1.59 bits per heavy atom. The van der Waals surface area contributed by atoms with E-state index in [0.717, 1.165) is 31.2 Å². The molecule has 2 aromatic rings. The first kappa shape index (κ1) is 24.4. The molecule has 1 saturated heterocycles. The molecule has 2 atom stereocenters. The molecule has 8 heteroatoms. The summed E-state index contributed by atoms with van der Waals surface area (Å²) in [6.07, 6.45) is 3.42. The highest BCUT2D eigenvalue weighted by atomic mass is 32.2. The van der Waals surface area contributed by atoms with E-state index in [1.54, 1.807) is 12.1 Å². The van der Waals surface area contributed by atoms with Gasteiger partial charge < -0.3 is 4.74 Å². The molecule has 1 heterocycles. The molecule has 182 valence electrons. The molecule has 2 aromatic carbocycles. The number of methoxy groups -OCH3 is 1. The fourth-order valence-corrected chi connectivity index (χ4v) is 6.86. The van der Waals surface area contributed by atoms with E-state index >= 15 is 0 Å². The van der Waals surface area contributed by atoms with Crippen LogP contribution in [0.3, 0.4) is 0 Å². The van der Waals surface area contributed by atoms with Crippen LogP contribution in [0.2, 0.25) is 0 Å². The zero-order chi connectivity index (χ0) is 24.5. The zero-order valence-electron chi connectivity index (χ0n) is 19.9. The number of hydrogen-bond donors (Lipinski definition) is 0. The number of amides is 2. The van der Waals surface area contributed by atoms with Gasteiger partial charge >= 0.3 is 0 Å². The van der Waals surface area contributed by atoms with Crippen LogP contribution in [0.4, 0.5) is 0 Å². The lowest BCUT2D eigenvalue weighted by molar-refractivity contribution is -0.140. The SMILES string of the molecule is COc1ccc(CN2C(=O)C3CCCCC3C2=O)cc1S(=O)(=O)N(Cc1ccccc1)C(C)C. The van der Waals surface area contributed by atoms with Gasteiger partial charge in [0.25, 0.3) is 0 Å². The van der Waals surface area contributed by atoms with Gasteiger partial charge in [-0.25, -0.2) is 8.42 Å². The van der Waals surface area contributed by atoms with Crippen LogP contribution in [0.1, 0.15) is 50.7 Å². The number of carbonyl (C=O) groups is 2. The first-order chi connectivity index (χ1) is 16.2. The molecule has 1 saturated carbocycles. The molecule has 2 amide bonds. The van der Waals surface area contributed by atoms with Crippen LogP contribution in [-0.2, 0) is 32.7 Å². The van der Waals surface area contributed by atoms with Gasteiger partial charge in [-0.15, -0.1) is 0 Å². The summed E-state index contributed by atoms with van der Waals surface area (Å²) in [5, 5.41) is 0. The van der Waals surface area contributed by atoms with Crippen molar-refractivity contribution in [2.45, 2.75) is 63.6 Å². The van der Waals surface area contributed by atoms with Crippen molar-refractivity contribution in [3.05, 3.63) is 59.7 Å². The second kappa shape index (κ2) is 9.88. The molecule has 1 aliphatic heterocycles. The smallest absolute Gasteiger partial charge is 0.247 e. The third-order valence-electron chi connectivity index (χ3n) is 6.84. The van der Waals surface area contributed by atoms with Gasteiger partial charge in [-0.05, 0) is 49.9 Å². The van der Waals surface area contributed by atoms with E-state index < -0.39 is 10.0 Å². The van der Waals surface area contributed by atoms with Gasteiger partial charge in [0, 0.05) is 12.6 Å². The van der Waals surface area contributed by atoms with E-state index in [1.165, 1.54) is 22.4 Å². The number of benzene rings is 2. The van der Waals surface area contributed by atoms with Gasteiger partial charge in [0.15, 0.2) is 0 Å². The summed E-state index contributed by atoms with van der Waals surface area (Å²) in [5.74, 6) is -0.504. The Morgan fingerprint density at radius 1 is 0.971 bits per heavy atom. The zero-order valence-corrected chi connectivity index (χ0v) is 20.8. The Labute approximate surface area is 201 Å². The second-order valence-electron chi connectivity index (χ2n) is 9.37. The summed E-state index contributed by atoms with van der Waals surface area (Å²) < 4.78 is 34.4. The van der Waals surface area contributed by atoms with Crippen molar-refractivity contribution in [1.29, 1.82) is 0 Å². The van der Waals surface area contributed by atoms with Crippen molar-refractivity contribution in [1.82, 2.24) is 9.21 Å². The molecule has 0 spiro atoms. The van der Waals surface area contributed by atoms with Crippen LogP contribution in [0.25, 0.3) is 0 Å². The topological polar surface area (TPSA) is 84.0 Å². The van der Waals surface area contributed by atoms with Gasteiger partial charge in [0.05, 0.1) is 25.5 Å². The maximum Gasteiger partial charge on any atom is 0.247 e. The molecule has 2 aliphatic rings. The minimum Gasteiger partial charge on any atom is -0.495 e. The van der Waals surface area contributed by atoms with Gasteiger partial charge in [0.2, 0.25) is 21.8 Å². The quantitative estimate of drug-likeness (QED) is 0.530. The predicted octanol–water partition coefficient (Wildman–Crippen LogP) is 3.97. The number of carbonyl (C=O) groups excluding carboxylic acids is 2.